The molecule has 3 rings (SSSR count). The lowest BCUT2D eigenvalue weighted by atomic mass is 9.97. The highest BCUT2D eigenvalue weighted by atomic mass is 19.1. The number of hydrogen-bond donors (Lipinski definition) is 0. The number of aromatic nitrogens is 2. The molecule has 1 aromatic carbocycles. The first-order valence-corrected chi connectivity index (χ1v) is 7.05. The minimum Gasteiger partial charge on any atom is -0.464 e. The van der Waals surface area contributed by atoms with E-state index in [-0.39, 0.29) is 5.82 Å². The number of ether oxygens (including phenoxy) is 1. The van der Waals surface area contributed by atoms with Crippen LogP contribution in [0, 0.1) is 5.82 Å². The molecule has 0 aliphatic rings. The minimum atomic E-state index is -0.423. The zero-order chi connectivity index (χ0) is 16.4. The molecule has 0 saturated carbocycles. The van der Waals surface area contributed by atoms with Crippen LogP contribution >= 0.6 is 0 Å². The average Bonchev–Trinajstić information content (AvgIpc) is 2.93. The number of pyridine rings is 1. The molecule has 4 nitrogen and oxygen atoms in total. The van der Waals surface area contributed by atoms with E-state index in [1.807, 2.05) is 18.3 Å². The number of benzene rings is 1. The van der Waals surface area contributed by atoms with Crippen molar-refractivity contribution in [3.8, 4) is 22.3 Å². The van der Waals surface area contributed by atoms with E-state index >= 15 is 0 Å². The Labute approximate surface area is 133 Å². The first kappa shape index (κ1) is 15.0. The number of esters is 1. The van der Waals surface area contributed by atoms with Gasteiger partial charge < -0.3 is 9.30 Å². The van der Waals surface area contributed by atoms with Crippen LogP contribution in [0.1, 0.15) is 10.5 Å². The normalized spacial score (nSPS) is 10.6. The summed E-state index contributed by atoms with van der Waals surface area (Å²) >= 11 is 0. The molecule has 116 valence electrons. The Bertz CT molecular complexity index is 839. The van der Waals surface area contributed by atoms with Crippen molar-refractivity contribution >= 4 is 5.97 Å². The maximum Gasteiger partial charge on any atom is 0.355 e. The van der Waals surface area contributed by atoms with Crippen molar-refractivity contribution in [2.75, 3.05) is 7.11 Å². The molecule has 0 amide bonds. The predicted molar refractivity (Wildman–Crippen MR) is 85.4 cm³/mol. The number of hydrogen-bond acceptors (Lipinski definition) is 3. The highest BCUT2D eigenvalue weighted by Gasteiger charge is 2.23. The van der Waals surface area contributed by atoms with Crippen LogP contribution in [0.5, 0.6) is 0 Å². The monoisotopic (exact) mass is 310 g/mol. The summed E-state index contributed by atoms with van der Waals surface area (Å²) in [5, 5.41) is 0. The summed E-state index contributed by atoms with van der Waals surface area (Å²) < 4.78 is 19.8. The Hall–Kier alpha value is -2.95. The highest BCUT2D eigenvalue weighted by molar-refractivity contribution is 6.01. The van der Waals surface area contributed by atoms with Crippen molar-refractivity contribution in [3.05, 3.63) is 66.5 Å². The van der Waals surface area contributed by atoms with Gasteiger partial charge in [0.2, 0.25) is 0 Å². The molecule has 0 saturated heterocycles. The van der Waals surface area contributed by atoms with Crippen LogP contribution in [-0.2, 0) is 11.8 Å². The fourth-order valence-electron chi connectivity index (χ4n) is 2.63. The summed E-state index contributed by atoms with van der Waals surface area (Å²) in [4.78, 5) is 16.2. The summed E-state index contributed by atoms with van der Waals surface area (Å²) in [6, 6.07) is 9.84. The fourth-order valence-corrected chi connectivity index (χ4v) is 2.63. The van der Waals surface area contributed by atoms with Crippen molar-refractivity contribution in [1.29, 1.82) is 0 Å². The van der Waals surface area contributed by atoms with Crippen LogP contribution in [0.4, 0.5) is 4.39 Å². The molecule has 0 N–H and O–H groups in total. The van der Waals surface area contributed by atoms with Gasteiger partial charge in [0, 0.05) is 36.8 Å². The standard InChI is InChI=1S/C18H15FN2O2/c1-21-11-15(12-3-5-14(19)6-4-12)16(17(21)18(22)23-2)13-7-9-20-10-8-13/h3-11H,1-2H3. The molecule has 0 aliphatic heterocycles. The van der Waals surface area contributed by atoms with Gasteiger partial charge in [0.25, 0.3) is 0 Å². The second kappa shape index (κ2) is 6.04. The van der Waals surface area contributed by atoms with Crippen molar-refractivity contribution in [2.45, 2.75) is 0 Å². The second-order valence-electron chi connectivity index (χ2n) is 5.11. The number of carbonyl (C=O) groups excluding carboxylic acids is 1. The van der Waals surface area contributed by atoms with Crippen molar-refractivity contribution in [1.82, 2.24) is 9.55 Å². The van der Waals surface area contributed by atoms with Crippen molar-refractivity contribution in [2.24, 2.45) is 7.05 Å². The van der Waals surface area contributed by atoms with Crippen molar-refractivity contribution < 1.29 is 13.9 Å². The van der Waals surface area contributed by atoms with E-state index in [2.05, 4.69) is 4.98 Å². The molecule has 0 unspecified atom stereocenters. The quantitative estimate of drug-likeness (QED) is 0.693. The van der Waals surface area contributed by atoms with Gasteiger partial charge in [-0.1, -0.05) is 12.1 Å². The minimum absolute atomic E-state index is 0.302. The van der Waals surface area contributed by atoms with Crippen LogP contribution in [-0.4, -0.2) is 22.6 Å². The summed E-state index contributed by atoms with van der Waals surface area (Å²) in [5.41, 5.74) is 3.69. The summed E-state index contributed by atoms with van der Waals surface area (Å²) in [7, 11) is 3.13. The third-order valence-corrected chi connectivity index (χ3v) is 3.68. The van der Waals surface area contributed by atoms with Gasteiger partial charge in [0.1, 0.15) is 11.5 Å². The smallest absolute Gasteiger partial charge is 0.355 e. The Balaban J connectivity index is 2.28. The van der Waals surface area contributed by atoms with E-state index in [4.69, 9.17) is 4.74 Å². The fraction of sp³-hybridized carbons (Fsp3) is 0.111. The third-order valence-electron chi connectivity index (χ3n) is 3.68. The number of nitrogens with zero attached hydrogens (tertiary/aromatic N) is 2. The van der Waals surface area contributed by atoms with Gasteiger partial charge in [-0.25, -0.2) is 9.18 Å². The third kappa shape index (κ3) is 2.73. The van der Waals surface area contributed by atoms with Crippen LogP contribution in [0.2, 0.25) is 0 Å². The van der Waals surface area contributed by atoms with Crippen LogP contribution in [0.15, 0.2) is 55.0 Å². The first-order valence-electron chi connectivity index (χ1n) is 7.05. The molecule has 0 aliphatic carbocycles. The molecule has 2 aromatic heterocycles. The van der Waals surface area contributed by atoms with Crippen molar-refractivity contribution in [3.63, 3.8) is 0 Å². The topological polar surface area (TPSA) is 44.1 Å². The lowest BCUT2D eigenvalue weighted by Gasteiger charge is -2.08. The Kier molecular flexibility index (Phi) is 3.93. The number of halogens is 1. The highest BCUT2D eigenvalue weighted by Crippen LogP contribution is 2.36. The van der Waals surface area contributed by atoms with Crippen LogP contribution < -0.4 is 0 Å². The van der Waals surface area contributed by atoms with E-state index in [9.17, 15) is 9.18 Å². The van der Waals surface area contributed by atoms with Gasteiger partial charge in [0.15, 0.2) is 0 Å². The van der Waals surface area contributed by atoms with Gasteiger partial charge in [-0.15, -0.1) is 0 Å². The van der Waals surface area contributed by atoms with Gasteiger partial charge in [-0.3, -0.25) is 4.98 Å². The average molecular weight is 310 g/mol. The zero-order valence-electron chi connectivity index (χ0n) is 12.8. The molecule has 0 atom stereocenters. The summed E-state index contributed by atoms with van der Waals surface area (Å²) in [5.74, 6) is -0.726. The Morgan fingerprint density at radius 1 is 1.09 bits per heavy atom. The maximum atomic E-state index is 13.2. The molecule has 2 heterocycles. The summed E-state index contributed by atoms with van der Waals surface area (Å²) in [6.07, 6.45) is 5.17. The van der Waals surface area contributed by atoms with Gasteiger partial charge in [0.05, 0.1) is 7.11 Å². The number of methoxy groups -OCH3 is 1. The van der Waals surface area contributed by atoms with E-state index in [1.54, 1.807) is 36.1 Å². The maximum absolute atomic E-state index is 13.2. The largest absolute Gasteiger partial charge is 0.464 e. The van der Waals surface area contributed by atoms with E-state index in [0.29, 0.717) is 5.69 Å². The molecule has 0 spiro atoms. The first-order chi connectivity index (χ1) is 11.1. The molecule has 3 aromatic rings. The van der Waals surface area contributed by atoms with Gasteiger partial charge in [-0.05, 0) is 35.4 Å². The number of rotatable bonds is 3. The second-order valence-corrected chi connectivity index (χ2v) is 5.11. The summed E-state index contributed by atoms with van der Waals surface area (Å²) in [6.45, 7) is 0. The molecule has 5 heteroatoms. The van der Waals surface area contributed by atoms with E-state index in [1.165, 1.54) is 19.2 Å². The van der Waals surface area contributed by atoms with Gasteiger partial charge in [-0.2, -0.15) is 0 Å². The lowest BCUT2D eigenvalue weighted by molar-refractivity contribution is 0.0591. The van der Waals surface area contributed by atoms with Crippen LogP contribution in [0.25, 0.3) is 22.3 Å². The zero-order valence-corrected chi connectivity index (χ0v) is 12.8. The number of aryl methyl sites for hydroxylation is 1. The van der Waals surface area contributed by atoms with E-state index in [0.717, 1.165) is 22.3 Å². The van der Waals surface area contributed by atoms with Crippen LogP contribution in [0.3, 0.4) is 0 Å². The molecular weight excluding hydrogens is 295 g/mol. The lowest BCUT2D eigenvalue weighted by Crippen LogP contribution is -2.08. The van der Waals surface area contributed by atoms with Gasteiger partial charge >= 0.3 is 5.97 Å². The predicted octanol–water partition coefficient (Wildman–Crippen LogP) is 3.68. The van der Waals surface area contributed by atoms with E-state index < -0.39 is 5.97 Å². The Morgan fingerprint density at radius 2 is 1.74 bits per heavy atom. The SMILES string of the molecule is COC(=O)c1c(-c2ccncc2)c(-c2ccc(F)cc2)cn1C. The molecule has 0 bridgehead atoms. The molecular formula is C18H15FN2O2. The Morgan fingerprint density at radius 3 is 2.35 bits per heavy atom. The number of carbonyl (C=O) groups is 1. The molecule has 23 heavy (non-hydrogen) atoms. The molecule has 0 fully saturated rings. The molecule has 0 radical (unpaired) electrons.